The standard InChI is InChI=1S/C19H22N2O2/c22-18-14-21(13-15-7-3-1-4-8-15)12-11-17(18)20-19(23)16-9-5-2-6-10-16/h1-10,17-18,22H,11-14H2,(H,20,23). The van der Waals surface area contributed by atoms with Crippen LogP contribution in [0.5, 0.6) is 0 Å². The van der Waals surface area contributed by atoms with Crippen LogP contribution in [0.25, 0.3) is 0 Å². The molecule has 2 aromatic rings. The highest BCUT2D eigenvalue weighted by Crippen LogP contribution is 2.15. The maximum Gasteiger partial charge on any atom is 0.251 e. The van der Waals surface area contributed by atoms with Gasteiger partial charge in [0, 0.05) is 25.2 Å². The van der Waals surface area contributed by atoms with E-state index >= 15 is 0 Å². The van der Waals surface area contributed by atoms with Gasteiger partial charge in [-0.05, 0) is 24.1 Å². The molecule has 0 aliphatic carbocycles. The molecule has 0 saturated carbocycles. The fraction of sp³-hybridized carbons (Fsp3) is 0.316. The predicted octanol–water partition coefficient (Wildman–Crippen LogP) is 2.05. The first-order valence-electron chi connectivity index (χ1n) is 8.02. The van der Waals surface area contributed by atoms with Crippen LogP contribution >= 0.6 is 0 Å². The highest BCUT2D eigenvalue weighted by atomic mass is 16.3. The highest BCUT2D eigenvalue weighted by Gasteiger charge is 2.28. The Labute approximate surface area is 136 Å². The zero-order chi connectivity index (χ0) is 16.1. The van der Waals surface area contributed by atoms with Gasteiger partial charge in [-0.2, -0.15) is 0 Å². The summed E-state index contributed by atoms with van der Waals surface area (Å²) in [6.07, 6.45) is 0.215. The molecule has 1 amide bonds. The van der Waals surface area contributed by atoms with Gasteiger partial charge >= 0.3 is 0 Å². The van der Waals surface area contributed by atoms with Crippen molar-refractivity contribution in [2.45, 2.75) is 25.1 Å². The van der Waals surface area contributed by atoms with Crippen molar-refractivity contribution in [3.63, 3.8) is 0 Å². The van der Waals surface area contributed by atoms with Gasteiger partial charge in [0.05, 0.1) is 12.1 Å². The Hall–Kier alpha value is -2.17. The highest BCUT2D eigenvalue weighted by molar-refractivity contribution is 5.94. The number of aliphatic hydroxyl groups excluding tert-OH is 1. The van der Waals surface area contributed by atoms with E-state index in [0.29, 0.717) is 12.1 Å². The fourth-order valence-electron chi connectivity index (χ4n) is 2.99. The molecule has 120 valence electrons. The van der Waals surface area contributed by atoms with Crippen molar-refractivity contribution in [3.8, 4) is 0 Å². The van der Waals surface area contributed by atoms with Gasteiger partial charge in [-0.25, -0.2) is 0 Å². The lowest BCUT2D eigenvalue weighted by molar-refractivity contribution is 0.0349. The molecule has 2 atom stereocenters. The van der Waals surface area contributed by atoms with E-state index in [9.17, 15) is 9.90 Å². The second-order valence-corrected chi connectivity index (χ2v) is 6.02. The second kappa shape index (κ2) is 7.40. The molecular weight excluding hydrogens is 288 g/mol. The van der Waals surface area contributed by atoms with Crippen LogP contribution in [-0.2, 0) is 6.54 Å². The molecule has 0 spiro atoms. The van der Waals surface area contributed by atoms with Gasteiger partial charge in [-0.1, -0.05) is 48.5 Å². The van der Waals surface area contributed by atoms with Gasteiger partial charge in [-0.3, -0.25) is 9.69 Å². The predicted molar refractivity (Wildman–Crippen MR) is 90.0 cm³/mol. The Bertz CT molecular complexity index is 630. The summed E-state index contributed by atoms with van der Waals surface area (Å²) in [6, 6.07) is 19.2. The molecule has 0 bridgehead atoms. The molecule has 23 heavy (non-hydrogen) atoms. The van der Waals surface area contributed by atoms with Crippen LogP contribution in [-0.4, -0.2) is 41.1 Å². The molecule has 2 aromatic carbocycles. The van der Waals surface area contributed by atoms with Crippen molar-refractivity contribution >= 4 is 5.91 Å². The van der Waals surface area contributed by atoms with Gasteiger partial charge in [0.2, 0.25) is 0 Å². The van der Waals surface area contributed by atoms with Crippen LogP contribution in [0.3, 0.4) is 0 Å². The number of nitrogens with one attached hydrogen (secondary N) is 1. The summed E-state index contributed by atoms with van der Waals surface area (Å²) in [7, 11) is 0. The third-order valence-electron chi connectivity index (χ3n) is 4.27. The minimum atomic E-state index is -0.542. The molecule has 0 aromatic heterocycles. The fourth-order valence-corrected chi connectivity index (χ4v) is 2.99. The topological polar surface area (TPSA) is 52.6 Å². The first-order chi connectivity index (χ1) is 11.2. The van der Waals surface area contributed by atoms with Crippen LogP contribution in [0.1, 0.15) is 22.3 Å². The number of rotatable bonds is 4. The van der Waals surface area contributed by atoms with E-state index in [1.807, 2.05) is 36.4 Å². The van der Waals surface area contributed by atoms with E-state index in [2.05, 4.69) is 22.3 Å². The number of amides is 1. The van der Waals surface area contributed by atoms with Crippen molar-refractivity contribution in [3.05, 3.63) is 71.8 Å². The molecule has 1 heterocycles. The summed E-state index contributed by atoms with van der Waals surface area (Å²) >= 11 is 0. The molecule has 3 rings (SSSR count). The first kappa shape index (κ1) is 15.7. The lowest BCUT2D eigenvalue weighted by Gasteiger charge is -2.36. The van der Waals surface area contributed by atoms with E-state index in [0.717, 1.165) is 19.5 Å². The molecule has 1 saturated heterocycles. The van der Waals surface area contributed by atoms with Gasteiger partial charge in [0.1, 0.15) is 0 Å². The quantitative estimate of drug-likeness (QED) is 0.909. The molecule has 2 N–H and O–H groups in total. The molecule has 0 radical (unpaired) electrons. The van der Waals surface area contributed by atoms with Crippen LogP contribution < -0.4 is 5.32 Å². The lowest BCUT2D eigenvalue weighted by Crippen LogP contribution is -2.53. The van der Waals surface area contributed by atoms with Gasteiger partial charge in [0.25, 0.3) is 5.91 Å². The van der Waals surface area contributed by atoms with Crippen molar-refractivity contribution < 1.29 is 9.90 Å². The summed E-state index contributed by atoms with van der Waals surface area (Å²) in [5.41, 5.74) is 1.87. The third-order valence-corrected chi connectivity index (χ3v) is 4.27. The third kappa shape index (κ3) is 4.18. The summed E-state index contributed by atoms with van der Waals surface area (Å²) in [4.78, 5) is 14.4. The smallest absolute Gasteiger partial charge is 0.251 e. The van der Waals surface area contributed by atoms with Gasteiger partial charge in [0.15, 0.2) is 0 Å². The molecule has 1 aliphatic rings. The maximum absolute atomic E-state index is 12.2. The van der Waals surface area contributed by atoms with E-state index in [4.69, 9.17) is 0 Å². The monoisotopic (exact) mass is 310 g/mol. The Balaban J connectivity index is 1.53. The largest absolute Gasteiger partial charge is 0.390 e. The molecule has 1 aliphatic heterocycles. The summed E-state index contributed by atoms with van der Waals surface area (Å²) in [5.74, 6) is -0.119. The van der Waals surface area contributed by atoms with Crippen molar-refractivity contribution in [1.82, 2.24) is 10.2 Å². The zero-order valence-electron chi connectivity index (χ0n) is 13.1. The summed E-state index contributed by atoms with van der Waals surface area (Å²) < 4.78 is 0. The number of likely N-dealkylation sites (tertiary alicyclic amines) is 1. The number of β-amino-alcohol motifs (C(OH)–C–C–N with tert-alkyl or cyclic N) is 1. The number of aliphatic hydroxyl groups is 1. The number of piperidine rings is 1. The molecule has 4 heteroatoms. The summed E-state index contributed by atoms with van der Waals surface area (Å²) in [6.45, 7) is 2.28. The molecular formula is C19H22N2O2. The number of carbonyl (C=O) groups excluding carboxylic acids is 1. The lowest BCUT2D eigenvalue weighted by atomic mass is 10.0. The number of carbonyl (C=O) groups is 1. The minimum absolute atomic E-state index is 0.119. The normalized spacial score (nSPS) is 21.8. The van der Waals surface area contributed by atoms with Gasteiger partial charge in [-0.15, -0.1) is 0 Å². The van der Waals surface area contributed by atoms with Gasteiger partial charge < -0.3 is 10.4 Å². The Morgan fingerprint density at radius 1 is 1.09 bits per heavy atom. The minimum Gasteiger partial charge on any atom is -0.390 e. The van der Waals surface area contributed by atoms with Crippen LogP contribution in [0.2, 0.25) is 0 Å². The molecule has 1 fully saturated rings. The Morgan fingerprint density at radius 3 is 2.39 bits per heavy atom. The Kier molecular flexibility index (Phi) is 5.05. The number of hydrogen-bond acceptors (Lipinski definition) is 3. The van der Waals surface area contributed by atoms with Crippen LogP contribution in [0.15, 0.2) is 60.7 Å². The first-order valence-corrected chi connectivity index (χ1v) is 8.02. The van der Waals surface area contributed by atoms with E-state index in [-0.39, 0.29) is 11.9 Å². The zero-order valence-corrected chi connectivity index (χ0v) is 13.1. The van der Waals surface area contributed by atoms with Crippen molar-refractivity contribution in [1.29, 1.82) is 0 Å². The van der Waals surface area contributed by atoms with E-state index in [1.54, 1.807) is 12.1 Å². The van der Waals surface area contributed by atoms with E-state index in [1.165, 1.54) is 5.56 Å². The van der Waals surface area contributed by atoms with Crippen molar-refractivity contribution in [2.24, 2.45) is 0 Å². The van der Waals surface area contributed by atoms with E-state index < -0.39 is 6.10 Å². The number of benzene rings is 2. The molecule has 2 unspecified atom stereocenters. The summed E-state index contributed by atoms with van der Waals surface area (Å²) in [5, 5.41) is 13.3. The molecule has 4 nitrogen and oxygen atoms in total. The van der Waals surface area contributed by atoms with Crippen LogP contribution in [0, 0.1) is 0 Å². The Morgan fingerprint density at radius 2 is 1.74 bits per heavy atom. The number of nitrogens with zero attached hydrogens (tertiary/aromatic N) is 1. The van der Waals surface area contributed by atoms with Crippen molar-refractivity contribution in [2.75, 3.05) is 13.1 Å². The second-order valence-electron chi connectivity index (χ2n) is 6.02. The maximum atomic E-state index is 12.2. The average molecular weight is 310 g/mol. The number of hydrogen-bond donors (Lipinski definition) is 2. The SMILES string of the molecule is O=C(NC1CCN(Cc2ccccc2)CC1O)c1ccccc1. The van der Waals surface area contributed by atoms with Crippen LogP contribution in [0.4, 0.5) is 0 Å². The average Bonchev–Trinajstić information content (AvgIpc) is 2.59.